The lowest BCUT2D eigenvalue weighted by molar-refractivity contribution is -0.250. The number of aliphatic hydroxyl groups is 1. The highest BCUT2D eigenvalue weighted by Crippen LogP contribution is 2.87. The molecule has 10 heteroatoms. The number of esters is 1. The van der Waals surface area contributed by atoms with E-state index in [1.807, 2.05) is 27.7 Å². The van der Waals surface area contributed by atoms with Gasteiger partial charge in [0.05, 0.1) is 24.4 Å². The van der Waals surface area contributed by atoms with Crippen LogP contribution in [0.25, 0.3) is 0 Å². The standard InChI is InChI=1S/C40H64N2O7.2C2H6.H2S/c1-23(2)42-19-25(20-42)41-17-18-46-31(21-41)49-30-13-14-40-22-39(40)16-15-38(8)27-9-11-28(35(37(6,7)45)47-24(3)43)48-34(27)33(44)32(38)26(39)10-12-29(40)36(30,4)5;2*1-2;/h23,25-32,34-35,45H,9-22H2,1-8H3;2*1-2H3;1H2/t26?,27?,28?,29?,30-,31?,32?,34?,35-,38+,39-,40+;;;/m0.../s1. The van der Waals surface area contributed by atoms with Gasteiger partial charge in [0.15, 0.2) is 18.2 Å². The molecule has 1 N–H and O–H groups in total. The van der Waals surface area contributed by atoms with Crippen molar-refractivity contribution in [2.75, 3.05) is 32.8 Å². The number of rotatable bonds is 7. The Bertz CT molecular complexity index is 1330. The van der Waals surface area contributed by atoms with E-state index < -0.39 is 29.9 Å². The maximum Gasteiger partial charge on any atom is 0.303 e. The van der Waals surface area contributed by atoms with Crippen molar-refractivity contribution in [1.82, 2.24) is 9.80 Å². The quantitative estimate of drug-likeness (QED) is 0.266. The van der Waals surface area contributed by atoms with Gasteiger partial charge in [-0.25, -0.2) is 0 Å². The summed E-state index contributed by atoms with van der Waals surface area (Å²) in [4.78, 5) is 31.7. The van der Waals surface area contributed by atoms with E-state index >= 15 is 0 Å². The molecule has 9 nitrogen and oxygen atoms in total. The van der Waals surface area contributed by atoms with Gasteiger partial charge in [0.25, 0.3) is 0 Å². The number of hydrogen-bond acceptors (Lipinski definition) is 9. The topological polar surface area (TPSA) is 97.8 Å². The van der Waals surface area contributed by atoms with Gasteiger partial charge in [-0.15, -0.1) is 0 Å². The normalized spacial score (nSPS) is 43.1. The summed E-state index contributed by atoms with van der Waals surface area (Å²) in [5, 5.41) is 10.9. The van der Waals surface area contributed by atoms with E-state index in [1.165, 1.54) is 26.2 Å². The lowest BCUT2D eigenvalue weighted by atomic mass is 9.46. The average Bonchev–Trinajstić information content (AvgIpc) is 3.70. The summed E-state index contributed by atoms with van der Waals surface area (Å²) in [6, 6.07) is 1.23. The molecule has 8 fully saturated rings. The van der Waals surface area contributed by atoms with Crippen LogP contribution in [0.1, 0.15) is 141 Å². The first kappa shape index (κ1) is 44.4. The molecule has 312 valence electrons. The minimum Gasteiger partial charge on any atom is -0.457 e. The number of ketones is 1. The minimum atomic E-state index is -1.26. The number of carbonyl (C=O) groups is 2. The van der Waals surface area contributed by atoms with Gasteiger partial charge in [-0.3, -0.25) is 19.4 Å². The maximum absolute atomic E-state index is 14.6. The summed E-state index contributed by atoms with van der Waals surface area (Å²) in [5.74, 6) is 1.09. The second-order valence-electron chi connectivity index (χ2n) is 19.6. The van der Waals surface area contributed by atoms with Gasteiger partial charge in [0, 0.05) is 51.1 Å². The predicted molar refractivity (Wildman–Crippen MR) is 218 cm³/mol. The van der Waals surface area contributed by atoms with E-state index in [0.29, 0.717) is 35.8 Å². The number of nitrogens with zero attached hydrogens (tertiary/aromatic N) is 2. The molecule has 0 aromatic heterocycles. The fourth-order valence-electron chi connectivity index (χ4n) is 13.7. The Labute approximate surface area is 335 Å². The van der Waals surface area contributed by atoms with Crippen molar-refractivity contribution in [3.05, 3.63) is 0 Å². The fraction of sp³-hybridized carbons (Fsp3) is 0.955. The van der Waals surface area contributed by atoms with Crippen LogP contribution >= 0.6 is 13.5 Å². The molecule has 54 heavy (non-hydrogen) atoms. The number of fused-ring (bicyclic) bond motifs is 4. The molecule has 12 atom stereocenters. The zero-order valence-electron chi connectivity index (χ0n) is 36.0. The van der Waals surface area contributed by atoms with Gasteiger partial charge < -0.3 is 24.1 Å². The highest BCUT2D eigenvalue weighted by molar-refractivity contribution is 7.59. The number of Topliss-reactive ketones (excluding diaryl/α,β-unsaturated/α-hetero) is 1. The van der Waals surface area contributed by atoms with E-state index in [1.54, 1.807) is 13.8 Å². The molecule has 5 aliphatic carbocycles. The average molecular weight is 779 g/mol. The molecule has 2 spiro atoms. The van der Waals surface area contributed by atoms with Gasteiger partial charge in [-0.1, -0.05) is 48.5 Å². The predicted octanol–water partition coefficient (Wildman–Crippen LogP) is 7.38. The van der Waals surface area contributed by atoms with Gasteiger partial charge in [0.2, 0.25) is 0 Å². The highest BCUT2D eigenvalue weighted by atomic mass is 32.1. The molecule has 3 aliphatic heterocycles. The van der Waals surface area contributed by atoms with Crippen LogP contribution in [-0.2, 0) is 28.5 Å². The summed E-state index contributed by atoms with van der Waals surface area (Å²) >= 11 is 0. The Hall–Kier alpha value is -0.750. The Morgan fingerprint density at radius 3 is 2.22 bits per heavy atom. The number of carbonyl (C=O) groups excluding carboxylic acids is 2. The summed E-state index contributed by atoms with van der Waals surface area (Å²) < 4.78 is 25.5. The van der Waals surface area contributed by atoms with Crippen LogP contribution in [0.15, 0.2) is 0 Å². The number of morpholine rings is 1. The van der Waals surface area contributed by atoms with Crippen molar-refractivity contribution in [2.24, 2.45) is 45.3 Å². The number of likely N-dealkylation sites (tertiary alicyclic amines) is 1. The lowest BCUT2D eigenvalue weighted by Gasteiger charge is -2.59. The first-order valence-electron chi connectivity index (χ1n) is 21.9. The zero-order chi connectivity index (χ0) is 38.9. The summed E-state index contributed by atoms with van der Waals surface area (Å²) in [6.07, 6.45) is 7.97. The third-order valence-electron chi connectivity index (χ3n) is 16.2. The fourth-order valence-corrected chi connectivity index (χ4v) is 13.7. The van der Waals surface area contributed by atoms with Crippen molar-refractivity contribution in [1.29, 1.82) is 0 Å². The van der Waals surface area contributed by atoms with Crippen LogP contribution in [0, 0.1) is 45.3 Å². The van der Waals surface area contributed by atoms with Crippen LogP contribution in [0.5, 0.6) is 0 Å². The van der Waals surface area contributed by atoms with Crippen LogP contribution in [-0.4, -0.2) is 108 Å². The van der Waals surface area contributed by atoms with E-state index in [2.05, 4.69) is 44.4 Å². The molecule has 8 aliphatic rings. The van der Waals surface area contributed by atoms with E-state index in [9.17, 15) is 14.7 Å². The van der Waals surface area contributed by atoms with Crippen LogP contribution in [0.3, 0.4) is 0 Å². The number of hydrogen-bond donors (Lipinski definition) is 1. The minimum absolute atomic E-state index is 0. The number of ether oxygens (including phenoxy) is 4. The largest absolute Gasteiger partial charge is 0.457 e. The van der Waals surface area contributed by atoms with Crippen molar-refractivity contribution in [3.63, 3.8) is 0 Å². The van der Waals surface area contributed by atoms with E-state index in [4.69, 9.17) is 18.9 Å². The van der Waals surface area contributed by atoms with Gasteiger partial charge in [-0.05, 0) is 125 Å². The molecule has 0 aromatic carbocycles. The van der Waals surface area contributed by atoms with Crippen LogP contribution < -0.4 is 0 Å². The second-order valence-corrected chi connectivity index (χ2v) is 19.6. The third-order valence-corrected chi connectivity index (χ3v) is 16.2. The highest BCUT2D eigenvalue weighted by Gasteiger charge is 2.82. The molecule has 3 heterocycles. The van der Waals surface area contributed by atoms with Crippen LogP contribution in [0.4, 0.5) is 0 Å². The van der Waals surface area contributed by atoms with Gasteiger partial charge >= 0.3 is 5.97 Å². The molecule has 3 saturated heterocycles. The molecule has 7 unspecified atom stereocenters. The van der Waals surface area contributed by atoms with E-state index in [-0.39, 0.29) is 59.8 Å². The van der Waals surface area contributed by atoms with Crippen molar-refractivity contribution in [3.8, 4) is 0 Å². The summed E-state index contributed by atoms with van der Waals surface area (Å²) in [6.45, 7) is 29.5. The molecular weight excluding hydrogens is 701 g/mol. The molecular formula is C44H78N2O7S. The summed E-state index contributed by atoms with van der Waals surface area (Å²) in [7, 11) is 0. The Balaban J connectivity index is 0.00000109. The van der Waals surface area contributed by atoms with Crippen molar-refractivity contribution in [2.45, 2.75) is 189 Å². The monoisotopic (exact) mass is 779 g/mol. The molecule has 0 aromatic rings. The Kier molecular flexibility index (Phi) is 13.2. The second kappa shape index (κ2) is 16.1. The zero-order valence-corrected chi connectivity index (χ0v) is 37.0. The Morgan fingerprint density at radius 2 is 1.59 bits per heavy atom. The first-order valence-corrected chi connectivity index (χ1v) is 21.9. The molecule has 0 bridgehead atoms. The van der Waals surface area contributed by atoms with E-state index in [0.717, 1.165) is 64.9 Å². The summed E-state index contributed by atoms with van der Waals surface area (Å²) in [5.41, 5.74) is -0.698. The molecule has 8 rings (SSSR count). The van der Waals surface area contributed by atoms with Crippen molar-refractivity contribution < 1.29 is 33.6 Å². The van der Waals surface area contributed by atoms with Gasteiger partial charge in [0.1, 0.15) is 6.10 Å². The first-order chi connectivity index (χ1) is 25.0. The Morgan fingerprint density at radius 1 is 0.926 bits per heavy atom. The third kappa shape index (κ3) is 7.07. The smallest absolute Gasteiger partial charge is 0.303 e. The molecule has 0 radical (unpaired) electrons. The van der Waals surface area contributed by atoms with Crippen LogP contribution in [0.2, 0.25) is 0 Å². The molecule has 0 amide bonds. The molecule has 5 saturated carbocycles. The van der Waals surface area contributed by atoms with Crippen molar-refractivity contribution >= 4 is 25.2 Å². The SMILES string of the molecule is CC.CC.CC(=O)O[C@@H](C1CCC2C(O1)C(=O)C1C3CCC4C(C)(C)[C@@H](OC5CN(C6CN(C(C)C)C6)CCO5)CC[C@@]45C[C@@]35CC[C@]21C)C(C)(C)O.S. The maximum atomic E-state index is 14.6. The van der Waals surface area contributed by atoms with Gasteiger partial charge in [-0.2, -0.15) is 13.5 Å². The lowest BCUT2D eigenvalue weighted by Crippen LogP contribution is -2.64.